The molecule has 0 rings (SSSR count). The number of aliphatic hydroxyl groups is 1. The Kier molecular flexibility index (Phi) is 12.3. The number of aliphatic imine (C=N–C) groups is 1. The first-order chi connectivity index (χ1) is 13.4. The Balaban J connectivity index is 4.72. The zero-order valence-corrected chi connectivity index (χ0v) is 17.3. The van der Waals surface area contributed by atoms with E-state index in [1.165, 1.54) is 0 Å². The highest BCUT2D eigenvalue weighted by Crippen LogP contribution is 2.09. The number of hydrogen-bond donors (Lipinski definition) is 5. The second-order valence-corrected chi connectivity index (χ2v) is 7.03. The average Bonchev–Trinajstić information content (AvgIpc) is 2.55. The fourth-order valence-corrected chi connectivity index (χ4v) is 2.14. The van der Waals surface area contributed by atoms with Gasteiger partial charge in [0.15, 0.2) is 5.03 Å². The van der Waals surface area contributed by atoms with Crippen molar-refractivity contribution in [2.75, 3.05) is 26.2 Å². The largest absolute Gasteiger partial charge is 0.465 e. The number of hydrogen-bond acceptors (Lipinski definition) is 9. The molecule has 0 aromatic rings. The molecule has 168 valence electrons. The molecule has 0 saturated heterocycles. The monoisotopic (exact) mass is 420 g/mol. The van der Waals surface area contributed by atoms with Gasteiger partial charge >= 0.3 is 12.1 Å². The summed E-state index contributed by atoms with van der Waals surface area (Å²) >= 11 is 0. The number of alkyl carbamates (subject to hydrolysis) is 1. The van der Waals surface area contributed by atoms with Gasteiger partial charge in [-0.25, -0.2) is 19.9 Å². The number of rotatable bonds is 12. The molecule has 0 aromatic carbocycles. The topological polar surface area (TPSA) is 190 Å². The maximum Gasteiger partial charge on any atom is 0.407 e. The first-order valence-electron chi connectivity index (χ1n) is 9.19. The van der Waals surface area contributed by atoms with Crippen LogP contribution >= 0.6 is 0 Å². The fraction of sp³-hybridized carbons (Fsp3) is 0.812. The average molecular weight is 420 g/mol. The number of amides is 1. The molecule has 2 atom stereocenters. The van der Waals surface area contributed by atoms with Crippen molar-refractivity contribution in [3.05, 3.63) is 10.1 Å². The molecular weight excluding hydrogens is 388 g/mol. The van der Waals surface area contributed by atoms with Gasteiger partial charge < -0.3 is 30.9 Å². The van der Waals surface area contributed by atoms with Crippen LogP contribution in [-0.4, -0.2) is 72.1 Å². The Morgan fingerprint density at radius 1 is 1.34 bits per heavy atom. The number of carbonyl (C=O) groups is 2. The van der Waals surface area contributed by atoms with Crippen LogP contribution in [0, 0.1) is 10.1 Å². The highest BCUT2D eigenvalue weighted by Gasteiger charge is 2.24. The smallest absolute Gasteiger partial charge is 0.407 e. The van der Waals surface area contributed by atoms with Crippen molar-refractivity contribution in [3.8, 4) is 0 Å². The van der Waals surface area contributed by atoms with Crippen molar-refractivity contribution in [1.82, 2.24) is 16.1 Å². The summed E-state index contributed by atoms with van der Waals surface area (Å²) in [7, 11) is 0. The van der Waals surface area contributed by atoms with Gasteiger partial charge in [-0.15, -0.1) is 0 Å². The van der Waals surface area contributed by atoms with Crippen LogP contribution < -0.4 is 21.8 Å². The van der Waals surface area contributed by atoms with Crippen LogP contribution in [0.2, 0.25) is 0 Å². The van der Waals surface area contributed by atoms with Crippen LogP contribution in [-0.2, 0) is 14.3 Å². The first-order valence-corrected chi connectivity index (χ1v) is 9.19. The second kappa shape index (κ2) is 13.5. The maximum absolute atomic E-state index is 12.0. The van der Waals surface area contributed by atoms with Crippen LogP contribution in [0.25, 0.3) is 0 Å². The lowest BCUT2D eigenvalue weighted by atomic mass is 10.1. The predicted molar refractivity (Wildman–Crippen MR) is 105 cm³/mol. The van der Waals surface area contributed by atoms with Crippen LogP contribution in [0.15, 0.2) is 4.99 Å². The molecule has 6 N–H and O–H groups in total. The van der Waals surface area contributed by atoms with Crippen molar-refractivity contribution in [3.63, 3.8) is 0 Å². The maximum atomic E-state index is 12.0. The lowest BCUT2D eigenvalue weighted by Gasteiger charge is -2.26. The SMILES string of the molecule is CCOC(=O)CNCC(O)[C@H](CCCN=C(N)N[N+](=O)[O-])NC(=O)OC(C)(C)C. The Hall–Kier alpha value is -2.67. The summed E-state index contributed by atoms with van der Waals surface area (Å²) in [6.07, 6.45) is -1.08. The highest BCUT2D eigenvalue weighted by molar-refractivity contribution is 5.76. The van der Waals surface area contributed by atoms with Crippen LogP contribution in [0.5, 0.6) is 0 Å². The lowest BCUT2D eigenvalue weighted by molar-refractivity contribution is -0.525. The van der Waals surface area contributed by atoms with Crippen LogP contribution in [0.4, 0.5) is 4.79 Å². The molecule has 0 fully saturated rings. The van der Waals surface area contributed by atoms with E-state index in [4.69, 9.17) is 15.2 Å². The van der Waals surface area contributed by atoms with E-state index in [-0.39, 0.29) is 38.6 Å². The molecular formula is C16H32N6O7. The van der Waals surface area contributed by atoms with E-state index in [1.807, 2.05) is 0 Å². The normalized spacial score (nSPS) is 13.9. The minimum atomic E-state index is -1.03. The molecule has 0 aliphatic rings. The van der Waals surface area contributed by atoms with E-state index < -0.39 is 34.8 Å². The van der Waals surface area contributed by atoms with Crippen molar-refractivity contribution >= 4 is 18.0 Å². The third-order valence-electron chi connectivity index (χ3n) is 3.26. The number of nitro groups is 1. The molecule has 1 unspecified atom stereocenters. The highest BCUT2D eigenvalue weighted by atomic mass is 16.7. The number of nitrogens with one attached hydrogen (secondary N) is 3. The summed E-state index contributed by atoms with van der Waals surface area (Å²) in [4.78, 5) is 37.4. The summed E-state index contributed by atoms with van der Waals surface area (Å²) in [5.41, 5.74) is 6.33. The van der Waals surface area contributed by atoms with Crippen molar-refractivity contribution in [2.24, 2.45) is 10.7 Å². The second-order valence-electron chi connectivity index (χ2n) is 7.03. The molecule has 29 heavy (non-hydrogen) atoms. The quantitative estimate of drug-likeness (QED) is 0.0671. The van der Waals surface area contributed by atoms with E-state index >= 15 is 0 Å². The molecule has 0 heterocycles. The van der Waals surface area contributed by atoms with Gasteiger partial charge in [-0.05, 0) is 40.5 Å². The van der Waals surface area contributed by atoms with Crippen LogP contribution in [0.3, 0.4) is 0 Å². The van der Waals surface area contributed by atoms with Crippen LogP contribution in [0.1, 0.15) is 40.5 Å². The zero-order chi connectivity index (χ0) is 22.4. The molecule has 0 aliphatic carbocycles. The number of nitrogens with two attached hydrogens (primary N) is 1. The first kappa shape index (κ1) is 26.3. The molecule has 13 heteroatoms. The zero-order valence-electron chi connectivity index (χ0n) is 17.3. The summed E-state index contributed by atoms with van der Waals surface area (Å²) < 4.78 is 9.97. The van der Waals surface area contributed by atoms with E-state index in [9.17, 15) is 24.8 Å². The summed E-state index contributed by atoms with van der Waals surface area (Å²) in [5, 5.41) is 25.2. The minimum Gasteiger partial charge on any atom is -0.465 e. The molecule has 0 aromatic heterocycles. The third kappa shape index (κ3) is 15.0. The number of ether oxygens (including phenoxy) is 2. The lowest BCUT2D eigenvalue weighted by Crippen LogP contribution is -2.49. The van der Waals surface area contributed by atoms with Gasteiger partial charge in [0.25, 0.3) is 5.96 Å². The van der Waals surface area contributed by atoms with Crippen molar-refractivity contribution < 1.29 is 29.2 Å². The number of aliphatic hydroxyl groups excluding tert-OH is 1. The third-order valence-corrected chi connectivity index (χ3v) is 3.26. The molecule has 0 aliphatic heterocycles. The van der Waals surface area contributed by atoms with Gasteiger partial charge in [-0.2, -0.15) is 0 Å². The molecule has 0 spiro atoms. The molecule has 1 amide bonds. The number of nitrogens with zero attached hydrogens (tertiary/aromatic N) is 2. The van der Waals surface area contributed by atoms with Crippen molar-refractivity contribution in [2.45, 2.75) is 58.3 Å². The number of esters is 1. The van der Waals surface area contributed by atoms with Gasteiger partial charge in [-0.1, -0.05) is 5.43 Å². The Morgan fingerprint density at radius 2 is 2.00 bits per heavy atom. The van der Waals surface area contributed by atoms with E-state index in [1.54, 1.807) is 33.1 Å². The number of carbonyl (C=O) groups excluding carboxylic acids is 2. The fourth-order valence-electron chi connectivity index (χ4n) is 2.14. The standard InChI is InChI=1S/C16H32N6O7/c1-5-28-13(24)10-18-9-12(23)11(20-15(25)29-16(2,3)4)7-6-8-19-14(17)21-22(26)27/h11-12,18,23H,5-10H2,1-4H3,(H,20,25)(H3,17,19,21)/t11-,12?/m0/s1. The van der Waals surface area contributed by atoms with Gasteiger partial charge in [0.2, 0.25) is 0 Å². The van der Waals surface area contributed by atoms with Gasteiger partial charge in [-0.3, -0.25) is 4.79 Å². The summed E-state index contributed by atoms with van der Waals surface area (Å²) in [5.74, 6) is -0.803. The van der Waals surface area contributed by atoms with Crippen molar-refractivity contribution in [1.29, 1.82) is 0 Å². The van der Waals surface area contributed by atoms with Gasteiger partial charge in [0, 0.05) is 13.1 Å². The van der Waals surface area contributed by atoms with Gasteiger partial charge in [0.05, 0.1) is 25.3 Å². The molecule has 13 nitrogen and oxygen atoms in total. The Bertz CT molecular complexity index is 564. The summed E-state index contributed by atoms with van der Waals surface area (Å²) in [6.45, 7) is 7.13. The van der Waals surface area contributed by atoms with E-state index in [2.05, 4.69) is 15.6 Å². The number of guanidine groups is 1. The molecule has 0 radical (unpaired) electrons. The Labute approximate surface area is 169 Å². The van der Waals surface area contributed by atoms with E-state index in [0.29, 0.717) is 6.42 Å². The Morgan fingerprint density at radius 3 is 2.55 bits per heavy atom. The van der Waals surface area contributed by atoms with E-state index in [0.717, 1.165) is 0 Å². The number of hydrazine groups is 1. The predicted octanol–water partition coefficient (Wildman–Crippen LogP) is -0.730. The molecule has 0 bridgehead atoms. The van der Waals surface area contributed by atoms with Gasteiger partial charge in [0.1, 0.15) is 5.60 Å². The molecule has 0 saturated carbocycles. The summed E-state index contributed by atoms with van der Waals surface area (Å²) in [6, 6.07) is -0.709. The minimum absolute atomic E-state index is 0.0214.